The fraction of sp³-hybridized carbons (Fsp3) is 0.136. The van der Waals surface area contributed by atoms with Crippen molar-refractivity contribution in [1.82, 2.24) is 4.57 Å². The molecule has 3 aromatic rings. The number of aryl methyl sites for hydroxylation is 2. The van der Waals surface area contributed by atoms with Crippen LogP contribution >= 0.6 is 11.8 Å². The number of benzene rings is 2. The molecule has 0 atom stereocenters. The maximum atomic E-state index is 13.2. The van der Waals surface area contributed by atoms with Crippen LogP contribution in [0.25, 0.3) is 5.69 Å². The van der Waals surface area contributed by atoms with Crippen LogP contribution in [0.15, 0.2) is 58.2 Å². The number of nitrogen functional groups attached to an aromatic ring is 1. The van der Waals surface area contributed by atoms with E-state index >= 15 is 0 Å². The summed E-state index contributed by atoms with van der Waals surface area (Å²) in [7, 11) is 0. The number of nitriles is 1. The average Bonchev–Trinajstić information content (AvgIpc) is 2.69. The van der Waals surface area contributed by atoms with Crippen molar-refractivity contribution in [1.29, 1.82) is 5.26 Å². The molecule has 0 radical (unpaired) electrons. The fourth-order valence-electron chi connectivity index (χ4n) is 3.11. The van der Waals surface area contributed by atoms with Gasteiger partial charge in [0, 0.05) is 10.6 Å². The number of nitrogens with two attached hydrogens (primary N) is 1. The Labute approximate surface area is 173 Å². The lowest BCUT2D eigenvalue weighted by Crippen LogP contribution is -2.29. The van der Waals surface area contributed by atoms with E-state index in [9.17, 15) is 14.9 Å². The number of hydrogen-bond donors (Lipinski definition) is 2. The largest absolute Gasteiger partial charge is 0.384 e. The van der Waals surface area contributed by atoms with Crippen molar-refractivity contribution in [3.8, 4) is 11.8 Å². The van der Waals surface area contributed by atoms with Gasteiger partial charge in [-0.25, -0.2) is 0 Å². The number of carbonyl (C=O) groups excluding carboxylic acids is 1. The highest BCUT2D eigenvalue weighted by Crippen LogP contribution is 2.30. The molecule has 3 rings (SSSR count). The molecule has 7 heteroatoms. The molecule has 0 spiro atoms. The van der Waals surface area contributed by atoms with Gasteiger partial charge in [-0.15, -0.1) is 11.8 Å². The first-order chi connectivity index (χ1) is 13.9. The molecule has 146 valence electrons. The van der Waals surface area contributed by atoms with E-state index in [4.69, 9.17) is 5.73 Å². The van der Waals surface area contributed by atoms with Gasteiger partial charge < -0.3 is 11.1 Å². The third kappa shape index (κ3) is 3.75. The lowest BCUT2D eigenvalue weighted by Gasteiger charge is -2.18. The Balaban J connectivity index is 2.27. The van der Waals surface area contributed by atoms with E-state index in [1.54, 1.807) is 30.5 Å². The number of pyridine rings is 1. The fourth-order valence-corrected chi connectivity index (χ4v) is 3.85. The van der Waals surface area contributed by atoms with Gasteiger partial charge >= 0.3 is 0 Å². The number of amides is 1. The third-order valence-electron chi connectivity index (χ3n) is 4.56. The van der Waals surface area contributed by atoms with Crippen molar-refractivity contribution in [2.75, 3.05) is 17.3 Å². The summed E-state index contributed by atoms with van der Waals surface area (Å²) in [6, 6.07) is 16.5. The smallest absolute Gasteiger partial charge is 0.275 e. The van der Waals surface area contributed by atoms with E-state index in [1.807, 2.05) is 44.2 Å². The summed E-state index contributed by atoms with van der Waals surface area (Å²) in [6.07, 6.45) is 1.70. The second kappa shape index (κ2) is 8.25. The molecule has 3 N–H and O–H groups in total. The van der Waals surface area contributed by atoms with Crippen LogP contribution in [0.4, 0.5) is 11.5 Å². The van der Waals surface area contributed by atoms with Gasteiger partial charge in [0.15, 0.2) is 0 Å². The predicted octanol–water partition coefficient (Wildman–Crippen LogP) is 3.88. The van der Waals surface area contributed by atoms with Gasteiger partial charge in [-0.1, -0.05) is 30.3 Å². The first-order valence-electron chi connectivity index (χ1n) is 8.85. The molecule has 2 aromatic carbocycles. The van der Waals surface area contributed by atoms with Gasteiger partial charge in [-0.3, -0.25) is 14.2 Å². The molecule has 0 saturated carbocycles. The van der Waals surface area contributed by atoms with E-state index in [0.29, 0.717) is 11.4 Å². The normalized spacial score (nSPS) is 10.4. The first kappa shape index (κ1) is 20.2. The van der Waals surface area contributed by atoms with Crippen LogP contribution in [0, 0.1) is 25.2 Å². The molecule has 29 heavy (non-hydrogen) atoms. The molecule has 0 aliphatic rings. The average molecular weight is 404 g/mol. The minimum Gasteiger partial charge on any atom is -0.384 e. The summed E-state index contributed by atoms with van der Waals surface area (Å²) in [5.74, 6) is -0.478. The van der Waals surface area contributed by atoms with E-state index in [2.05, 4.69) is 5.32 Å². The van der Waals surface area contributed by atoms with Crippen LogP contribution in [0.3, 0.4) is 0 Å². The molecule has 0 saturated heterocycles. The zero-order chi connectivity index (χ0) is 21.1. The highest BCUT2D eigenvalue weighted by molar-refractivity contribution is 7.98. The van der Waals surface area contributed by atoms with Crippen LogP contribution in [-0.4, -0.2) is 16.7 Å². The number of carbonyl (C=O) groups is 1. The van der Waals surface area contributed by atoms with Gasteiger partial charge in [0.25, 0.3) is 11.5 Å². The molecular weight excluding hydrogens is 384 g/mol. The number of nitrogens with one attached hydrogen (secondary N) is 1. The van der Waals surface area contributed by atoms with Gasteiger partial charge in [0.1, 0.15) is 17.5 Å². The summed E-state index contributed by atoms with van der Waals surface area (Å²) < 4.78 is 1.22. The Kier molecular flexibility index (Phi) is 5.76. The molecule has 1 heterocycles. The SMILES string of the molecule is CSc1c(C(=O)Nc2ccccc2C)c(N)n(-c2cccc(C)c2)c(=O)c1C#N. The van der Waals surface area contributed by atoms with Crippen molar-refractivity contribution < 1.29 is 4.79 Å². The third-order valence-corrected chi connectivity index (χ3v) is 5.38. The van der Waals surface area contributed by atoms with Crippen molar-refractivity contribution in [3.63, 3.8) is 0 Å². The van der Waals surface area contributed by atoms with Crippen molar-refractivity contribution in [2.45, 2.75) is 18.7 Å². The molecule has 0 aliphatic heterocycles. The summed E-state index contributed by atoms with van der Waals surface area (Å²) in [6.45, 7) is 3.76. The Morgan fingerprint density at radius 1 is 1.17 bits per heavy atom. The molecule has 0 aliphatic carbocycles. The Hall–Kier alpha value is -3.50. The summed E-state index contributed by atoms with van der Waals surface area (Å²) in [5.41, 5.74) is 8.74. The molecule has 0 fully saturated rings. The van der Waals surface area contributed by atoms with Crippen LogP contribution in [-0.2, 0) is 0 Å². The summed E-state index contributed by atoms with van der Waals surface area (Å²) in [5, 5.41) is 12.5. The number of para-hydroxylation sites is 1. The standard InChI is InChI=1S/C22H20N4O2S/c1-13-7-6-9-15(11-13)26-20(24)18(19(29-3)16(12-23)22(26)28)21(27)25-17-10-5-4-8-14(17)2/h4-11H,24H2,1-3H3,(H,25,27). The minimum absolute atomic E-state index is 0.00460. The number of nitrogens with zero attached hydrogens (tertiary/aromatic N) is 2. The molecular formula is C22H20N4O2S. The zero-order valence-electron chi connectivity index (χ0n) is 16.3. The predicted molar refractivity (Wildman–Crippen MR) is 117 cm³/mol. The Morgan fingerprint density at radius 3 is 2.52 bits per heavy atom. The molecule has 1 aromatic heterocycles. The molecule has 1 amide bonds. The number of anilines is 2. The van der Waals surface area contributed by atoms with E-state index in [-0.39, 0.29) is 21.8 Å². The van der Waals surface area contributed by atoms with E-state index in [1.165, 1.54) is 4.57 Å². The van der Waals surface area contributed by atoms with Gasteiger partial charge in [0.05, 0.1) is 11.3 Å². The van der Waals surface area contributed by atoms with Gasteiger partial charge in [-0.2, -0.15) is 5.26 Å². The summed E-state index contributed by atoms with van der Waals surface area (Å²) in [4.78, 5) is 26.5. The first-order valence-corrected chi connectivity index (χ1v) is 10.1. The van der Waals surface area contributed by atoms with Gasteiger partial charge in [0.2, 0.25) is 0 Å². The van der Waals surface area contributed by atoms with Crippen molar-refractivity contribution in [3.05, 3.63) is 81.1 Å². The van der Waals surface area contributed by atoms with Crippen molar-refractivity contribution in [2.24, 2.45) is 0 Å². The maximum absolute atomic E-state index is 13.2. The van der Waals surface area contributed by atoms with Crippen LogP contribution in [0.1, 0.15) is 27.0 Å². The van der Waals surface area contributed by atoms with Crippen LogP contribution < -0.4 is 16.6 Å². The number of hydrogen-bond acceptors (Lipinski definition) is 5. The molecule has 0 bridgehead atoms. The molecule has 0 unspecified atom stereocenters. The topological polar surface area (TPSA) is 101 Å². The highest BCUT2D eigenvalue weighted by Gasteiger charge is 2.25. The highest BCUT2D eigenvalue weighted by atomic mass is 32.2. The zero-order valence-corrected chi connectivity index (χ0v) is 17.1. The Bertz CT molecular complexity index is 1210. The van der Waals surface area contributed by atoms with Crippen LogP contribution in [0.2, 0.25) is 0 Å². The number of aromatic nitrogens is 1. The van der Waals surface area contributed by atoms with E-state index < -0.39 is 11.5 Å². The number of thioether (sulfide) groups is 1. The minimum atomic E-state index is -0.549. The van der Waals surface area contributed by atoms with E-state index in [0.717, 1.165) is 22.9 Å². The lowest BCUT2D eigenvalue weighted by molar-refractivity contribution is 0.102. The van der Waals surface area contributed by atoms with Crippen LogP contribution in [0.5, 0.6) is 0 Å². The second-order valence-corrected chi connectivity index (χ2v) is 7.35. The summed E-state index contributed by atoms with van der Waals surface area (Å²) >= 11 is 1.15. The van der Waals surface area contributed by atoms with Crippen molar-refractivity contribution >= 4 is 29.2 Å². The quantitative estimate of drug-likeness (QED) is 0.643. The molecule has 6 nitrogen and oxygen atoms in total. The maximum Gasteiger partial charge on any atom is 0.275 e. The number of rotatable bonds is 4. The Morgan fingerprint density at radius 2 is 1.90 bits per heavy atom. The lowest BCUT2D eigenvalue weighted by atomic mass is 10.1. The second-order valence-electron chi connectivity index (χ2n) is 6.53. The monoisotopic (exact) mass is 404 g/mol. The van der Waals surface area contributed by atoms with Gasteiger partial charge in [-0.05, 0) is 49.4 Å².